The van der Waals surface area contributed by atoms with Crippen molar-refractivity contribution in [3.05, 3.63) is 57.6 Å². The first-order valence-electron chi connectivity index (χ1n) is 9.94. The van der Waals surface area contributed by atoms with Crippen molar-refractivity contribution >= 4 is 39.6 Å². The molecule has 0 unspecified atom stereocenters. The van der Waals surface area contributed by atoms with Gasteiger partial charge >= 0.3 is 12.1 Å². The van der Waals surface area contributed by atoms with Crippen molar-refractivity contribution in [1.29, 1.82) is 5.26 Å². The Hall–Kier alpha value is -3.52. The molecule has 2 aromatic rings. The van der Waals surface area contributed by atoms with Gasteiger partial charge in [-0.3, -0.25) is 4.79 Å². The van der Waals surface area contributed by atoms with E-state index in [4.69, 9.17) is 14.2 Å². The molecule has 0 saturated carbocycles. The zero-order valence-corrected chi connectivity index (χ0v) is 19.7. The molecule has 0 bridgehead atoms. The number of carbonyl (C=O) groups excluding carboxylic acids is 2. The van der Waals surface area contributed by atoms with Crippen LogP contribution < -0.4 is 14.8 Å². The molecule has 0 aliphatic heterocycles. The van der Waals surface area contributed by atoms with Gasteiger partial charge in [0.2, 0.25) is 0 Å². The fraction of sp³-hybridized carbons (Fsp3) is 0.261. The summed E-state index contributed by atoms with van der Waals surface area (Å²) in [7, 11) is 0. The Morgan fingerprint density at radius 1 is 1.12 bits per heavy atom. The second kappa shape index (κ2) is 12.1. The van der Waals surface area contributed by atoms with Crippen LogP contribution in [0.5, 0.6) is 11.5 Å². The average Bonchev–Trinajstić information content (AvgIpc) is 2.78. The molecule has 2 rings (SSSR count). The van der Waals surface area contributed by atoms with Crippen LogP contribution in [0.3, 0.4) is 0 Å². The number of nitrogens with zero attached hydrogens (tertiary/aromatic N) is 1. The number of esters is 1. The number of hydrogen-bond donors (Lipinski definition) is 1. The van der Waals surface area contributed by atoms with Crippen molar-refractivity contribution in [2.45, 2.75) is 20.0 Å². The van der Waals surface area contributed by atoms with Gasteiger partial charge in [0.1, 0.15) is 11.6 Å². The normalized spacial score (nSPS) is 11.4. The zero-order chi connectivity index (χ0) is 25.3. The van der Waals surface area contributed by atoms with Gasteiger partial charge in [0.15, 0.2) is 18.1 Å². The summed E-state index contributed by atoms with van der Waals surface area (Å²) < 4.78 is 54.9. The lowest BCUT2D eigenvalue weighted by Crippen LogP contribution is -2.15. The number of carbonyl (C=O) groups is 2. The molecule has 0 aliphatic carbocycles. The molecule has 1 N–H and O–H groups in total. The molecule has 0 saturated heterocycles. The summed E-state index contributed by atoms with van der Waals surface area (Å²) in [5.41, 5.74) is -1.04. The molecule has 180 valence electrons. The topological polar surface area (TPSA) is 97.7 Å². The van der Waals surface area contributed by atoms with Crippen LogP contribution in [0.25, 0.3) is 6.08 Å². The molecule has 34 heavy (non-hydrogen) atoms. The predicted octanol–water partition coefficient (Wildman–Crippen LogP) is 5.35. The van der Waals surface area contributed by atoms with Crippen LogP contribution >= 0.6 is 15.9 Å². The lowest BCUT2D eigenvalue weighted by molar-refractivity contribution is -0.145. The highest BCUT2D eigenvalue weighted by molar-refractivity contribution is 9.10. The highest BCUT2D eigenvalue weighted by atomic mass is 79.9. The van der Waals surface area contributed by atoms with Crippen molar-refractivity contribution in [3.8, 4) is 17.6 Å². The van der Waals surface area contributed by atoms with Crippen LogP contribution in [0.4, 0.5) is 18.9 Å². The van der Waals surface area contributed by atoms with Gasteiger partial charge in [0.25, 0.3) is 5.91 Å². The SMILES string of the molecule is CCOC(=O)COc1cc(Br)c(/C=C(/C#N)C(=O)Nc2cccc(C(F)(F)F)c2)cc1OCC. The Bertz CT molecular complexity index is 1130. The summed E-state index contributed by atoms with van der Waals surface area (Å²) in [5, 5.41) is 11.7. The summed E-state index contributed by atoms with van der Waals surface area (Å²) in [6.45, 7) is 3.51. The number of rotatable bonds is 9. The van der Waals surface area contributed by atoms with E-state index in [1.165, 1.54) is 24.3 Å². The summed E-state index contributed by atoms with van der Waals surface area (Å²) >= 11 is 3.31. The van der Waals surface area contributed by atoms with Crippen LogP contribution in [0.15, 0.2) is 46.4 Å². The minimum atomic E-state index is -4.58. The van der Waals surface area contributed by atoms with E-state index in [2.05, 4.69) is 21.2 Å². The average molecular weight is 541 g/mol. The number of benzene rings is 2. The van der Waals surface area contributed by atoms with Gasteiger partial charge in [-0.1, -0.05) is 22.0 Å². The summed E-state index contributed by atoms with van der Waals surface area (Å²) in [6, 6.07) is 8.79. The quantitative estimate of drug-likeness (QED) is 0.261. The number of ether oxygens (including phenoxy) is 3. The standard InChI is InChI=1S/C23H20BrF3N2O5/c1-3-32-19-9-14(18(24)11-20(19)34-13-21(30)33-4-2)8-15(12-28)22(31)29-17-7-5-6-16(10-17)23(25,26)27/h5-11H,3-4,13H2,1-2H3,(H,29,31)/b15-8-. The lowest BCUT2D eigenvalue weighted by Gasteiger charge is -2.14. The molecule has 11 heteroatoms. The summed E-state index contributed by atoms with van der Waals surface area (Å²) in [6.07, 6.45) is -3.34. The largest absolute Gasteiger partial charge is 0.490 e. The summed E-state index contributed by atoms with van der Waals surface area (Å²) in [4.78, 5) is 24.1. The van der Waals surface area contributed by atoms with Crippen molar-refractivity contribution in [2.75, 3.05) is 25.1 Å². The summed E-state index contributed by atoms with van der Waals surface area (Å²) in [5.74, 6) is -0.986. The van der Waals surface area contributed by atoms with Crippen LogP contribution in [0.2, 0.25) is 0 Å². The smallest absolute Gasteiger partial charge is 0.416 e. The van der Waals surface area contributed by atoms with Gasteiger partial charge in [-0.05, 0) is 55.8 Å². The maximum atomic E-state index is 12.9. The Kier molecular flexibility index (Phi) is 9.50. The first kappa shape index (κ1) is 26.7. The third-order valence-electron chi connectivity index (χ3n) is 4.13. The van der Waals surface area contributed by atoms with Crippen LogP contribution in [0, 0.1) is 11.3 Å². The molecule has 0 radical (unpaired) electrons. The van der Waals surface area contributed by atoms with Gasteiger partial charge in [-0.2, -0.15) is 18.4 Å². The monoisotopic (exact) mass is 540 g/mol. The van der Waals surface area contributed by atoms with Crippen molar-refractivity contribution in [2.24, 2.45) is 0 Å². The number of hydrogen-bond acceptors (Lipinski definition) is 6. The second-order valence-electron chi connectivity index (χ2n) is 6.55. The zero-order valence-electron chi connectivity index (χ0n) is 18.2. The van der Waals surface area contributed by atoms with E-state index in [0.717, 1.165) is 18.2 Å². The fourth-order valence-corrected chi connectivity index (χ4v) is 3.09. The Labute approximate surface area is 202 Å². The van der Waals surface area contributed by atoms with Gasteiger partial charge in [-0.15, -0.1) is 0 Å². The molecular weight excluding hydrogens is 521 g/mol. The molecule has 1 amide bonds. The van der Waals surface area contributed by atoms with Gasteiger partial charge in [0.05, 0.1) is 18.8 Å². The van der Waals surface area contributed by atoms with E-state index >= 15 is 0 Å². The van der Waals surface area contributed by atoms with Crippen LogP contribution in [-0.4, -0.2) is 31.7 Å². The van der Waals surface area contributed by atoms with Gasteiger partial charge < -0.3 is 19.5 Å². The Balaban J connectivity index is 2.30. The maximum Gasteiger partial charge on any atom is 0.416 e. The first-order valence-corrected chi connectivity index (χ1v) is 10.7. The van der Waals surface area contributed by atoms with E-state index < -0.39 is 23.6 Å². The third-order valence-corrected chi connectivity index (χ3v) is 4.81. The van der Waals surface area contributed by atoms with E-state index in [0.29, 0.717) is 10.0 Å². The van der Waals surface area contributed by atoms with E-state index in [9.17, 15) is 28.0 Å². The van der Waals surface area contributed by atoms with Crippen molar-refractivity contribution < 1.29 is 37.0 Å². The molecular formula is C23H20BrF3N2O5. The first-order chi connectivity index (χ1) is 16.1. The number of anilines is 1. The molecule has 0 fully saturated rings. The molecule has 0 heterocycles. The number of halogens is 4. The van der Waals surface area contributed by atoms with Crippen molar-refractivity contribution in [3.63, 3.8) is 0 Å². The predicted molar refractivity (Wildman–Crippen MR) is 121 cm³/mol. The van der Waals surface area contributed by atoms with Crippen LogP contribution in [0.1, 0.15) is 25.0 Å². The number of nitriles is 1. The fourth-order valence-electron chi connectivity index (χ4n) is 2.66. The minimum absolute atomic E-state index is 0.113. The van der Waals surface area contributed by atoms with Gasteiger partial charge in [0, 0.05) is 10.2 Å². The lowest BCUT2D eigenvalue weighted by atomic mass is 10.1. The Morgan fingerprint density at radius 2 is 1.82 bits per heavy atom. The molecule has 7 nitrogen and oxygen atoms in total. The highest BCUT2D eigenvalue weighted by Crippen LogP contribution is 2.35. The molecule has 2 aromatic carbocycles. The van der Waals surface area contributed by atoms with E-state index in [1.54, 1.807) is 19.9 Å². The minimum Gasteiger partial charge on any atom is -0.490 e. The molecule has 0 atom stereocenters. The number of nitrogens with one attached hydrogen (secondary N) is 1. The van der Waals surface area contributed by atoms with E-state index in [-0.39, 0.29) is 42.6 Å². The molecule has 0 aromatic heterocycles. The number of amides is 1. The van der Waals surface area contributed by atoms with Gasteiger partial charge in [-0.25, -0.2) is 4.79 Å². The third kappa shape index (κ3) is 7.52. The molecule has 0 aliphatic rings. The highest BCUT2D eigenvalue weighted by Gasteiger charge is 2.30. The molecule has 0 spiro atoms. The van der Waals surface area contributed by atoms with E-state index in [1.807, 2.05) is 0 Å². The second-order valence-corrected chi connectivity index (χ2v) is 7.40. The maximum absolute atomic E-state index is 12.9. The van der Waals surface area contributed by atoms with Crippen molar-refractivity contribution in [1.82, 2.24) is 0 Å². The number of alkyl halides is 3. The Morgan fingerprint density at radius 3 is 2.44 bits per heavy atom. The van der Waals surface area contributed by atoms with Crippen LogP contribution in [-0.2, 0) is 20.5 Å².